The van der Waals surface area contributed by atoms with Gasteiger partial charge in [-0.05, 0) is 109 Å². The summed E-state index contributed by atoms with van der Waals surface area (Å²) in [6.45, 7) is 5.01. The van der Waals surface area contributed by atoms with Crippen molar-refractivity contribution < 1.29 is 67.6 Å². The zero-order chi connectivity index (χ0) is 77.0. The van der Waals surface area contributed by atoms with Crippen molar-refractivity contribution in [3.63, 3.8) is 0 Å². The molecule has 1 fully saturated rings. The minimum absolute atomic E-state index is 0.0107. The zero-order valence-corrected chi connectivity index (χ0v) is 59.8. The Bertz CT molecular complexity index is 3920. The van der Waals surface area contributed by atoms with Gasteiger partial charge in [0.2, 0.25) is 65.0 Å². The number of rotatable bonds is 39. The SMILES string of the molecule is CC(=O)NC(Cc1ccc2ccccc2c1)C(=O)NC(Cc1ccc(Cl)cc1)C(=O)NC(Cc1cccnc1)C(=O)NC(CO)C(=O)N(C)C(Cc1ccc([N+](=O)[O-])cc1)C(=O)NC(CCCNC(N)=O)C(=O)NC(CC(C)C)C(=O)NC(CCCN=C(N)N)C(=O)N1CCCC1C(=O)NC(C)C(N)=O. The standard InChI is InChI=1S/C71H93ClN18O15/c1-40(2)32-53(62(95)83-52(16-10-29-78-70(74)75)69(102)89-31-11-17-58(89)66(99)80-41(3)60(73)93)84-61(94)51(15-9-30-79-71(76)103)82-67(100)59(37-44-21-26-50(27-22-44)90(104)105)88(5)68(101)57(39-91)87-65(98)56(36-46-12-8-28-77-38-46)86-64(97)55(34-43-19-24-49(72)25-20-43)85-63(96)54(81-42(4)92)35-45-18-23-47-13-6-7-14-48(47)33-45/h6-8,12-14,18-28,33,38,40-41,51-59,91H,9-11,15-17,29-32,34-37,39H2,1-5H3,(H2,73,93)(H,80,99)(H,81,92)(H,82,100)(H,83,95)(H,84,94)(H,85,96)(H,86,97)(H,87,98)(H4,74,75,78)(H3,76,79,103). The summed E-state index contributed by atoms with van der Waals surface area (Å²) in [5, 5.41) is 48.7. The maximum atomic E-state index is 15.1. The second kappa shape index (κ2) is 40.5. The van der Waals surface area contributed by atoms with Crippen LogP contribution in [0.1, 0.15) is 94.9 Å². The number of likely N-dealkylation sites (N-methyl/N-ethyl adjacent to an activating group) is 1. The molecule has 5 aromatic rings. The van der Waals surface area contributed by atoms with E-state index in [0.717, 1.165) is 34.9 Å². The minimum Gasteiger partial charge on any atom is -0.394 e. The molecular weight excluding hydrogens is 1380 g/mol. The first-order chi connectivity index (χ1) is 49.9. The number of non-ortho nitro benzene ring substituents is 1. The highest BCUT2D eigenvalue weighted by atomic mass is 35.5. The number of hydrogen-bond acceptors (Lipinski definition) is 17. The lowest BCUT2D eigenvalue weighted by Crippen LogP contribution is -2.62. The normalized spacial score (nSPS) is 15.1. The molecule has 6 rings (SSSR count). The number of pyridine rings is 1. The lowest BCUT2D eigenvalue weighted by atomic mass is 9.99. The maximum Gasteiger partial charge on any atom is 0.312 e. The van der Waals surface area contributed by atoms with Crippen molar-refractivity contribution in [2.45, 2.75) is 159 Å². The van der Waals surface area contributed by atoms with Crippen molar-refractivity contribution in [3.8, 4) is 0 Å². The smallest absolute Gasteiger partial charge is 0.312 e. The number of nitro benzene ring substituents is 1. The van der Waals surface area contributed by atoms with Gasteiger partial charge in [0.25, 0.3) is 5.69 Å². The van der Waals surface area contributed by atoms with Gasteiger partial charge in [0.15, 0.2) is 5.96 Å². The van der Waals surface area contributed by atoms with Crippen LogP contribution in [0.3, 0.4) is 0 Å². The number of urea groups is 1. The molecule has 10 atom stereocenters. The van der Waals surface area contributed by atoms with E-state index in [1.807, 2.05) is 42.5 Å². The number of carbonyl (C=O) groups excluding carboxylic acids is 12. The van der Waals surface area contributed by atoms with Crippen molar-refractivity contribution in [1.82, 2.24) is 62.6 Å². The Morgan fingerprint density at radius 2 is 1.18 bits per heavy atom. The van der Waals surface area contributed by atoms with E-state index in [0.29, 0.717) is 28.1 Å². The number of likely N-dealkylation sites (tertiary alicyclic amines) is 1. The third kappa shape index (κ3) is 26.1. The minimum atomic E-state index is -1.89. The van der Waals surface area contributed by atoms with Crippen LogP contribution in [0.25, 0.3) is 10.8 Å². The average Bonchev–Trinajstić information content (AvgIpc) is 1.82. The van der Waals surface area contributed by atoms with Crippen LogP contribution < -0.4 is 70.8 Å². The Morgan fingerprint density at radius 1 is 0.638 bits per heavy atom. The molecule has 1 aromatic heterocycles. The van der Waals surface area contributed by atoms with Crippen LogP contribution in [-0.2, 0) is 78.4 Å². The fourth-order valence-corrected chi connectivity index (χ4v) is 11.9. The number of fused-ring (bicyclic) bond motifs is 1. The Kier molecular flexibility index (Phi) is 31.8. The number of carbonyl (C=O) groups is 12. The largest absolute Gasteiger partial charge is 0.394 e. The van der Waals surface area contributed by atoms with E-state index in [-0.39, 0.29) is 101 Å². The molecule has 4 aromatic carbocycles. The summed E-state index contributed by atoms with van der Waals surface area (Å²) < 4.78 is 0. The predicted octanol–water partition coefficient (Wildman–Crippen LogP) is -0.171. The highest BCUT2D eigenvalue weighted by molar-refractivity contribution is 6.30. The Balaban J connectivity index is 1.29. The molecule has 18 N–H and O–H groups in total. The van der Waals surface area contributed by atoms with Gasteiger partial charge >= 0.3 is 6.03 Å². The van der Waals surface area contributed by atoms with Crippen molar-refractivity contribution >= 4 is 105 Å². The highest BCUT2D eigenvalue weighted by Crippen LogP contribution is 2.23. The summed E-state index contributed by atoms with van der Waals surface area (Å²) in [4.78, 5) is 189. The van der Waals surface area contributed by atoms with Gasteiger partial charge in [0, 0.05) is 88.8 Å². The molecule has 13 amide bonds. The number of aliphatic hydroxyl groups excluding tert-OH is 1. The molecule has 1 saturated heterocycles. The van der Waals surface area contributed by atoms with E-state index in [1.54, 1.807) is 50.2 Å². The van der Waals surface area contributed by atoms with Crippen LogP contribution in [0.4, 0.5) is 10.5 Å². The topological polar surface area (TPSA) is 512 Å². The van der Waals surface area contributed by atoms with Crippen LogP contribution in [0.15, 0.2) is 121 Å². The van der Waals surface area contributed by atoms with E-state index in [9.17, 15) is 68.0 Å². The van der Waals surface area contributed by atoms with Gasteiger partial charge in [0.1, 0.15) is 60.4 Å². The monoisotopic (exact) mass is 1470 g/mol. The van der Waals surface area contributed by atoms with E-state index in [4.69, 9.17) is 34.5 Å². The average molecular weight is 1470 g/mol. The Morgan fingerprint density at radius 3 is 1.77 bits per heavy atom. The first-order valence-electron chi connectivity index (χ1n) is 34.2. The van der Waals surface area contributed by atoms with Crippen molar-refractivity contribution in [1.29, 1.82) is 0 Å². The van der Waals surface area contributed by atoms with E-state index < -0.39 is 149 Å². The number of aliphatic hydroxyl groups is 1. The number of nitrogens with zero attached hydrogens (tertiary/aromatic N) is 5. The molecule has 33 nitrogen and oxygen atoms in total. The molecule has 10 unspecified atom stereocenters. The number of halogens is 1. The quantitative estimate of drug-likeness (QED) is 0.00798. The second-order valence-corrected chi connectivity index (χ2v) is 26.4. The summed E-state index contributed by atoms with van der Waals surface area (Å²) >= 11 is 6.23. The summed E-state index contributed by atoms with van der Waals surface area (Å²) in [5.74, 6) is -9.89. The van der Waals surface area contributed by atoms with Gasteiger partial charge in [-0.2, -0.15) is 0 Å². The lowest BCUT2D eigenvalue weighted by molar-refractivity contribution is -0.384. The third-order valence-electron chi connectivity index (χ3n) is 17.3. The van der Waals surface area contributed by atoms with Gasteiger partial charge in [-0.3, -0.25) is 72.8 Å². The summed E-state index contributed by atoms with van der Waals surface area (Å²) in [6, 6.07) is 12.4. The molecule has 0 bridgehead atoms. The van der Waals surface area contributed by atoms with Crippen molar-refractivity contribution in [3.05, 3.63) is 153 Å². The number of hydrogen-bond donors (Lipinski definition) is 14. The van der Waals surface area contributed by atoms with Crippen LogP contribution >= 0.6 is 11.6 Å². The van der Waals surface area contributed by atoms with Gasteiger partial charge in [-0.15, -0.1) is 0 Å². The predicted molar refractivity (Wildman–Crippen MR) is 388 cm³/mol. The Hall–Kier alpha value is -11.3. The molecule has 0 saturated carbocycles. The number of amides is 13. The van der Waals surface area contributed by atoms with Crippen LogP contribution in [0.2, 0.25) is 5.02 Å². The molecule has 1 aliphatic rings. The van der Waals surface area contributed by atoms with Crippen molar-refractivity contribution in [2.75, 3.05) is 33.3 Å². The van der Waals surface area contributed by atoms with Crippen molar-refractivity contribution in [2.24, 2.45) is 33.8 Å². The fourth-order valence-electron chi connectivity index (χ4n) is 11.8. The summed E-state index contributed by atoms with van der Waals surface area (Å²) in [6.07, 6.45) is 2.36. The highest BCUT2D eigenvalue weighted by Gasteiger charge is 2.41. The van der Waals surface area contributed by atoms with E-state index >= 15 is 4.79 Å². The second-order valence-electron chi connectivity index (χ2n) is 26.0. The number of benzene rings is 4. The maximum absolute atomic E-state index is 15.1. The number of aromatic nitrogens is 1. The van der Waals surface area contributed by atoms with Gasteiger partial charge < -0.3 is 85.7 Å². The molecule has 34 heteroatoms. The fraction of sp³-hybridized carbons (Fsp3) is 0.437. The molecule has 0 spiro atoms. The number of primary amides is 2. The van der Waals surface area contributed by atoms with Gasteiger partial charge in [-0.25, -0.2) is 4.79 Å². The zero-order valence-electron chi connectivity index (χ0n) is 59.0. The first-order valence-corrected chi connectivity index (χ1v) is 34.6. The van der Waals surface area contributed by atoms with Crippen LogP contribution in [0.5, 0.6) is 0 Å². The lowest BCUT2D eigenvalue weighted by Gasteiger charge is -2.33. The molecular formula is C71H93ClN18O15. The molecule has 2 heterocycles. The number of guanidine groups is 1. The van der Waals surface area contributed by atoms with E-state index in [1.165, 1.54) is 43.3 Å². The molecule has 1 aliphatic heterocycles. The number of nitro groups is 1. The molecule has 0 radical (unpaired) electrons. The molecule has 0 aliphatic carbocycles. The van der Waals surface area contributed by atoms with E-state index in [2.05, 4.69) is 57.8 Å². The summed E-state index contributed by atoms with van der Waals surface area (Å²) in [7, 11) is 1.15. The first kappa shape index (κ1) is 82.6. The third-order valence-corrected chi connectivity index (χ3v) is 17.6. The van der Waals surface area contributed by atoms with Crippen LogP contribution in [0, 0.1) is 16.0 Å². The van der Waals surface area contributed by atoms with Gasteiger partial charge in [0.05, 0.1) is 11.5 Å². The molecule has 105 heavy (non-hydrogen) atoms. The van der Waals surface area contributed by atoms with Crippen LogP contribution in [-0.4, -0.2) is 195 Å². The summed E-state index contributed by atoms with van der Waals surface area (Å²) in [5.41, 5.74) is 23.4. The Labute approximate surface area is 611 Å². The number of aliphatic imine (C=N–C) groups is 1. The number of nitrogens with two attached hydrogens (primary N) is 4. The van der Waals surface area contributed by atoms with Gasteiger partial charge in [-0.1, -0.05) is 98.2 Å². The number of nitrogens with one attached hydrogen (secondary N) is 9. The molecule has 564 valence electrons.